The van der Waals surface area contributed by atoms with Crippen molar-refractivity contribution < 1.29 is 4.79 Å². The Morgan fingerprint density at radius 3 is 2.69 bits per heavy atom. The first-order chi connectivity index (χ1) is 7.09. The molecule has 0 bridgehead atoms. The van der Waals surface area contributed by atoms with Crippen LogP contribution in [0.4, 0.5) is 5.69 Å². The second-order valence-corrected chi connectivity index (χ2v) is 4.11. The Bertz CT molecular complexity index is 387. The van der Waals surface area contributed by atoms with Gasteiger partial charge in [-0.3, -0.25) is 10.2 Å². The summed E-state index contributed by atoms with van der Waals surface area (Å²) in [4.78, 5) is 11.3. The molecule has 0 atom stereocenters. The number of rotatable bonds is 3. The summed E-state index contributed by atoms with van der Waals surface area (Å²) < 4.78 is 0. The molecule has 0 aliphatic heterocycles. The molecule has 4 nitrogen and oxygen atoms in total. The van der Waals surface area contributed by atoms with Crippen molar-refractivity contribution in [1.82, 2.24) is 0 Å². The Morgan fingerprint density at radius 2 is 2.12 bits per heavy atom. The maximum atomic E-state index is 11.3. The van der Waals surface area contributed by atoms with Crippen LogP contribution in [0.3, 0.4) is 0 Å². The molecular formula is C9H11Cl2N3OS. The van der Waals surface area contributed by atoms with Crippen molar-refractivity contribution in [3.63, 3.8) is 0 Å². The van der Waals surface area contributed by atoms with E-state index in [1.54, 1.807) is 24.3 Å². The van der Waals surface area contributed by atoms with Crippen LogP contribution >= 0.6 is 35.8 Å². The topological polar surface area (TPSA) is 79.0 Å². The molecule has 1 aromatic rings. The van der Waals surface area contributed by atoms with Crippen molar-refractivity contribution in [3.8, 4) is 0 Å². The highest BCUT2D eigenvalue weighted by Gasteiger charge is 2.05. The Balaban J connectivity index is 0.00000225. The average Bonchev–Trinajstić information content (AvgIpc) is 2.18. The van der Waals surface area contributed by atoms with Crippen molar-refractivity contribution in [2.75, 3.05) is 11.1 Å². The molecule has 0 unspecified atom stereocenters. The third kappa shape index (κ3) is 5.25. The van der Waals surface area contributed by atoms with Crippen molar-refractivity contribution in [3.05, 3.63) is 29.3 Å². The molecule has 0 aromatic heterocycles. The first-order valence-electron chi connectivity index (χ1n) is 4.11. The number of amidine groups is 1. The van der Waals surface area contributed by atoms with Crippen LogP contribution in [0.1, 0.15) is 0 Å². The Hall–Kier alpha value is -0.910. The fourth-order valence-corrected chi connectivity index (χ4v) is 1.43. The smallest absolute Gasteiger partial charge is 0.234 e. The molecule has 0 radical (unpaired) electrons. The zero-order valence-corrected chi connectivity index (χ0v) is 10.6. The van der Waals surface area contributed by atoms with E-state index in [-0.39, 0.29) is 29.2 Å². The molecule has 0 saturated heterocycles. The highest BCUT2D eigenvalue weighted by Crippen LogP contribution is 2.20. The van der Waals surface area contributed by atoms with Crippen LogP contribution in [0.2, 0.25) is 5.02 Å². The summed E-state index contributed by atoms with van der Waals surface area (Å²) in [7, 11) is 0. The van der Waals surface area contributed by atoms with E-state index >= 15 is 0 Å². The highest BCUT2D eigenvalue weighted by atomic mass is 35.5. The fraction of sp³-hybridized carbons (Fsp3) is 0.111. The van der Waals surface area contributed by atoms with Crippen LogP contribution in [-0.2, 0) is 4.79 Å². The number of nitrogens with one attached hydrogen (secondary N) is 2. The maximum absolute atomic E-state index is 11.3. The monoisotopic (exact) mass is 279 g/mol. The minimum Gasteiger partial charge on any atom is -0.379 e. The second kappa shape index (κ2) is 7.38. The Labute approximate surface area is 109 Å². The SMILES string of the molecule is Cl.N=C(N)SCC(=O)Nc1ccccc1Cl. The lowest BCUT2D eigenvalue weighted by atomic mass is 10.3. The molecule has 0 fully saturated rings. The molecular weight excluding hydrogens is 269 g/mol. The zero-order valence-electron chi connectivity index (χ0n) is 8.20. The van der Waals surface area contributed by atoms with Gasteiger partial charge in [-0.2, -0.15) is 0 Å². The van der Waals surface area contributed by atoms with Gasteiger partial charge in [0.1, 0.15) is 0 Å². The van der Waals surface area contributed by atoms with Gasteiger partial charge in [0, 0.05) is 0 Å². The van der Waals surface area contributed by atoms with E-state index in [4.69, 9.17) is 22.7 Å². The molecule has 0 aliphatic rings. The molecule has 0 heterocycles. The average molecular weight is 280 g/mol. The number of anilines is 1. The van der Waals surface area contributed by atoms with Crippen molar-refractivity contribution in [2.24, 2.45) is 5.73 Å². The van der Waals surface area contributed by atoms with Gasteiger partial charge in [0.2, 0.25) is 5.91 Å². The number of benzene rings is 1. The van der Waals surface area contributed by atoms with E-state index in [0.717, 1.165) is 11.8 Å². The lowest BCUT2D eigenvalue weighted by Crippen LogP contribution is -2.17. The molecule has 0 spiro atoms. The number of carbonyl (C=O) groups excluding carboxylic acids is 1. The second-order valence-electron chi connectivity index (χ2n) is 2.68. The van der Waals surface area contributed by atoms with Crippen LogP contribution < -0.4 is 11.1 Å². The van der Waals surface area contributed by atoms with Crippen molar-refractivity contribution in [2.45, 2.75) is 0 Å². The zero-order chi connectivity index (χ0) is 11.3. The van der Waals surface area contributed by atoms with Crippen molar-refractivity contribution >= 4 is 52.5 Å². The van der Waals surface area contributed by atoms with Crippen LogP contribution in [0.5, 0.6) is 0 Å². The summed E-state index contributed by atoms with van der Waals surface area (Å²) in [5, 5.41) is 9.97. The summed E-state index contributed by atoms with van der Waals surface area (Å²) >= 11 is 6.81. The third-order valence-electron chi connectivity index (χ3n) is 1.51. The van der Waals surface area contributed by atoms with Gasteiger partial charge >= 0.3 is 0 Å². The van der Waals surface area contributed by atoms with E-state index in [2.05, 4.69) is 5.32 Å². The number of hydrogen-bond acceptors (Lipinski definition) is 3. The molecule has 16 heavy (non-hydrogen) atoms. The molecule has 0 saturated carbocycles. The van der Waals surface area contributed by atoms with Gasteiger partial charge in [0.15, 0.2) is 5.17 Å². The molecule has 1 rings (SSSR count). The third-order valence-corrected chi connectivity index (χ3v) is 2.55. The lowest BCUT2D eigenvalue weighted by Gasteiger charge is -2.05. The summed E-state index contributed by atoms with van der Waals surface area (Å²) in [5.74, 6) is -0.121. The van der Waals surface area contributed by atoms with Gasteiger partial charge in [-0.15, -0.1) is 12.4 Å². The van der Waals surface area contributed by atoms with E-state index in [0.29, 0.717) is 10.7 Å². The molecule has 0 aliphatic carbocycles. The number of thioether (sulfide) groups is 1. The number of para-hydroxylation sites is 1. The van der Waals surface area contributed by atoms with Gasteiger partial charge < -0.3 is 11.1 Å². The first-order valence-corrected chi connectivity index (χ1v) is 5.47. The molecule has 88 valence electrons. The predicted molar refractivity (Wildman–Crippen MR) is 71.7 cm³/mol. The first kappa shape index (κ1) is 15.1. The van der Waals surface area contributed by atoms with Gasteiger partial charge in [0.05, 0.1) is 16.5 Å². The number of carbonyl (C=O) groups is 1. The van der Waals surface area contributed by atoms with Gasteiger partial charge in [-0.05, 0) is 12.1 Å². The fourth-order valence-electron chi connectivity index (χ4n) is 0.892. The summed E-state index contributed by atoms with van der Waals surface area (Å²) in [6.07, 6.45) is 0. The quantitative estimate of drug-likeness (QED) is 0.587. The summed E-state index contributed by atoms with van der Waals surface area (Å²) in [6, 6.07) is 6.95. The predicted octanol–water partition coefficient (Wildman–Crippen LogP) is 2.33. The summed E-state index contributed by atoms with van der Waals surface area (Å²) in [5.41, 5.74) is 5.67. The largest absolute Gasteiger partial charge is 0.379 e. The number of hydrogen-bond donors (Lipinski definition) is 3. The van der Waals surface area contributed by atoms with E-state index in [9.17, 15) is 4.79 Å². The normalized spacial score (nSPS) is 9.06. The Morgan fingerprint density at radius 1 is 1.50 bits per heavy atom. The molecule has 1 aromatic carbocycles. The number of nitrogens with two attached hydrogens (primary N) is 1. The molecule has 1 amide bonds. The highest BCUT2D eigenvalue weighted by molar-refractivity contribution is 8.14. The van der Waals surface area contributed by atoms with E-state index < -0.39 is 0 Å². The number of halogens is 2. The molecule has 7 heteroatoms. The van der Waals surface area contributed by atoms with Crippen LogP contribution in [0.25, 0.3) is 0 Å². The van der Waals surface area contributed by atoms with Gasteiger partial charge in [0.25, 0.3) is 0 Å². The van der Waals surface area contributed by atoms with Gasteiger partial charge in [-0.1, -0.05) is 35.5 Å². The Kier molecular flexibility index (Phi) is 6.96. The van der Waals surface area contributed by atoms with E-state index in [1.807, 2.05) is 0 Å². The van der Waals surface area contributed by atoms with Crippen LogP contribution in [0, 0.1) is 5.41 Å². The van der Waals surface area contributed by atoms with Crippen molar-refractivity contribution in [1.29, 1.82) is 5.41 Å². The number of amides is 1. The maximum Gasteiger partial charge on any atom is 0.234 e. The standard InChI is InChI=1S/C9H10ClN3OS.ClH/c10-6-3-1-2-4-7(6)13-8(14)5-15-9(11)12;/h1-4H,5H2,(H3,11,12)(H,13,14);1H. The van der Waals surface area contributed by atoms with Crippen LogP contribution in [0.15, 0.2) is 24.3 Å². The van der Waals surface area contributed by atoms with E-state index in [1.165, 1.54) is 0 Å². The van der Waals surface area contributed by atoms with Gasteiger partial charge in [-0.25, -0.2) is 0 Å². The lowest BCUT2D eigenvalue weighted by molar-refractivity contribution is -0.113. The van der Waals surface area contributed by atoms with Crippen LogP contribution in [-0.4, -0.2) is 16.8 Å². The minimum absolute atomic E-state index is 0. The summed E-state index contributed by atoms with van der Waals surface area (Å²) in [6.45, 7) is 0. The minimum atomic E-state index is -0.233. The molecule has 4 N–H and O–H groups in total.